The van der Waals surface area contributed by atoms with E-state index in [4.69, 9.17) is 0 Å². The van der Waals surface area contributed by atoms with Crippen molar-refractivity contribution in [2.24, 2.45) is 0 Å². The van der Waals surface area contributed by atoms with Crippen molar-refractivity contribution < 1.29 is 4.92 Å². The van der Waals surface area contributed by atoms with Gasteiger partial charge in [0.15, 0.2) is 0 Å². The molecule has 0 bridgehead atoms. The van der Waals surface area contributed by atoms with Gasteiger partial charge in [0.2, 0.25) is 0 Å². The third kappa shape index (κ3) is 2.90. The maximum atomic E-state index is 11.1. The van der Waals surface area contributed by atoms with Gasteiger partial charge >= 0.3 is 0 Å². The number of nitro benzene ring substituents is 1. The van der Waals surface area contributed by atoms with Gasteiger partial charge in [-0.2, -0.15) is 0 Å². The molecule has 0 aliphatic carbocycles. The highest BCUT2D eigenvalue weighted by Gasteiger charge is 2.19. The summed E-state index contributed by atoms with van der Waals surface area (Å²) in [6.45, 7) is 5.68. The van der Waals surface area contributed by atoms with Crippen LogP contribution in [-0.4, -0.2) is 9.91 Å². The zero-order valence-corrected chi connectivity index (χ0v) is 11.8. The fourth-order valence-electron chi connectivity index (χ4n) is 1.89. The highest BCUT2D eigenvalue weighted by atomic mass is 32.1. The number of hydrogen-bond donors (Lipinski definition) is 1. The smallest absolute Gasteiger partial charge is 0.295 e. The zero-order chi connectivity index (χ0) is 14.0. The maximum Gasteiger partial charge on any atom is 0.295 e. The summed E-state index contributed by atoms with van der Waals surface area (Å²) in [5, 5.41) is 15.2. The second-order valence-corrected chi connectivity index (χ2v) is 5.67. The Hall–Kier alpha value is -1.95. The van der Waals surface area contributed by atoms with Crippen LogP contribution >= 0.6 is 11.3 Å². The number of aromatic nitrogens is 1. The first kappa shape index (κ1) is 13.5. The van der Waals surface area contributed by atoms with Gasteiger partial charge in [-0.05, 0) is 26.8 Å². The minimum atomic E-state index is -0.350. The maximum absolute atomic E-state index is 11.1. The highest BCUT2D eigenvalue weighted by Crippen LogP contribution is 2.31. The van der Waals surface area contributed by atoms with Gasteiger partial charge in [-0.3, -0.25) is 10.1 Å². The van der Waals surface area contributed by atoms with Crippen LogP contribution < -0.4 is 5.32 Å². The lowest BCUT2D eigenvalue weighted by Crippen LogP contribution is -2.08. The van der Waals surface area contributed by atoms with Gasteiger partial charge in [0.1, 0.15) is 10.7 Å². The van der Waals surface area contributed by atoms with E-state index in [9.17, 15) is 10.1 Å². The van der Waals surface area contributed by atoms with E-state index >= 15 is 0 Å². The van der Waals surface area contributed by atoms with Gasteiger partial charge in [0.05, 0.1) is 11.0 Å². The Morgan fingerprint density at radius 2 is 2.16 bits per heavy atom. The van der Waals surface area contributed by atoms with Crippen LogP contribution in [0.25, 0.3) is 0 Å². The largest absolute Gasteiger partial charge is 0.371 e. The first-order chi connectivity index (χ1) is 8.99. The molecule has 0 spiro atoms. The molecule has 1 aromatic heterocycles. The van der Waals surface area contributed by atoms with Crippen molar-refractivity contribution in [1.82, 2.24) is 4.98 Å². The first-order valence-corrected chi connectivity index (χ1v) is 6.73. The molecule has 1 N–H and O–H groups in total. The summed E-state index contributed by atoms with van der Waals surface area (Å²) in [4.78, 5) is 16.2. The van der Waals surface area contributed by atoms with Crippen molar-refractivity contribution >= 4 is 22.7 Å². The molecule has 0 amide bonds. The summed E-state index contributed by atoms with van der Waals surface area (Å²) in [5.41, 5.74) is 1.31. The molecule has 100 valence electrons. The molecule has 0 aliphatic rings. The van der Waals surface area contributed by atoms with Crippen molar-refractivity contribution in [3.8, 4) is 0 Å². The standard InChI is InChI=1S/C13H15N3O2S/c1-8-5-4-6-11(12(8)16(17)18)15-10(3)13-14-7-9(2)19-13/h4-7,10,15H,1-3H3. The molecular formula is C13H15N3O2S. The van der Waals surface area contributed by atoms with Gasteiger partial charge in [0, 0.05) is 16.6 Å². The molecule has 0 radical (unpaired) electrons. The summed E-state index contributed by atoms with van der Waals surface area (Å²) in [6, 6.07) is 5.22. The zero-order valence-electron chi connectivity index (χ0n) is 11.0. The third-order valence-electron chi connectivity index (χ3n) is 2.80. The fourth-order valence-corrected chi connectivity index (χ4v) is 2.66. The Labute approximate surface area is 115 Å². The second kappa shape index (κ2) is 5.36. The van der Waals surface area contributed by atoms with E-state index in [0.717, 1.165) is 9.88 Å². The van der Waals surface area contributed by atoms with Crippen molar-refractivity contribution in [3.63, 3.8) is 0 Å². The van der Waals surface area contributed by atoms with E-state index in [1.807, 2.05) is 26.1 Å². The van der Waals surface area contributed by atoms with E-state index in [1.54, 1.807) is 30.4 Å². The van der Waals surface area contributed by atoms with E-state index in [-0.39, 0.29) is 16.7 Å². The Balaban J connectivity index is 2.28. The molecule has 1 unspecified atom stereocenters. The normalized spacial score (nSPS) is 12.2. The molecule has 19 heavy (non-hydrogen) atoms. The number of benzene rings is 1. The quantitative estimate of drug-likeness (QED) is 0.681. The number of nitrogens with one attached hydrogen (secondary N) is 1. The van der Waals surface area contributed by atoms with Crippen molar-refractivity contribution in [1.29, 1.82) is 0 Å². The summed E-state index contributed by atoms with van der Waals surface area (Å²) >= 11 is 1.59. The predicted molar refractivity (Wildman–Crippen MR) is 76.7 cm³/mol. The summed E-state index contributed by atoms with van der Waals surface area (Å²) in [6.07, 6.45) is 1.81. The van der Waals surface area contributed by atoms with Gasteiger partial charge in [-0.15, -0.1) is 11.3 Å². The van der Waals surface area contributed by atoms with Crippen LogP contribution in [0, 0.1) is 24.0 Å². The summed E-state index contributed by atoms with van der Waals surface area (Å²) < 4.78 is 0. The van der Waals surface area contributed by atoms with Gasteiger partial charge in [-0.25, -0.2) is 4.98 Å². The number of thiazole rings is 1. The molecule has 6 heteroatoms. The average molecular weight is 277 g/mol. The second-order valence-electron chi connectivity index (χ2n) is 4.40. The molecule has 0 saturated carbocycles. The highest BCUT2D eigenvalue weighted by molar-refractivity contribution is 7.11. The number of rotatable bonds is 4. The van der Waals surface area contributed by atoms with Crippen LogP contribution in [0.3, 0.4) is 0 Å². The Bertz CT molecular complexity index is 610. The monoisotopic (exact) mass is 277 g/mol. The predicted octanol–water partition coefficient (Wildman–Crippen LogP) is 3.84. The van der Waals surface area contributed by atoms with Gasteiger partial charge in [-0.1, -0.05) is 12.1 Å². The van der Waals surface area contributed by atoms with Gasteiger partial charge in [0.25, 0.3) is 5.69 Å². The number of para-hydroxylation sites is 1. The summed E-state index contributed by atoms with van der Waals surface area (Å²) in [5.74, 6) is 0. The molecule has 1 atom stereocenters. The Morgan fingerprint density at radius 3 is 2.74 bits per heavy atom. The third-order valence-corrected chi connectivity index (χ3v) is 3.90. The first-order valence-electron chi connectivity index (χ1n) is 5.92. The minimum Gasteiger partial charge on any atom is -0.371 e. The molecule has 0 fully saturated rings. The van der Waals surface area contributed by atoms with Crippen LogP contribution in [0.1, 0.15) is 28.4 Å². The SMILES string of the molecule is Cc1cnc(C(C)Nc2cccc(C)c2[N+](=O)[O-])s1. The van der Waals surface area contributed by atoms with Crippen LogP contribution in [-0.2, 0) is 0 Å². The molecule has 0 aliphatic heterocycles. The van der Waals surface area contributed by atoms with E-state index in [2.05, 4.69) is 10.3 Å². The molecular weight excluding hydrogens is 262 g/mol. The number of anilines is 1. The molecule has 2 rings (SSSR count). The fraction of sp³-hybridized carbons (Fsp3) is 0.308. The van der Waals surface area contributed by atoms with E-state index in [0.29, 0.717) is 11.3 Å². The van der Waals surface area contributed by atoms with Crippen molar-refractivity contribution in [3.05, 3.63) is 50.0 Å². The van der Waals surface area contributed by atoms with Crippen LogP contribution in [0.4, 0.5) is 11.4 Å². The van der Waals surface area contributed by atoms with Crippen LogP contribution in [0.5, 0.6) is 0 Å². The minimum absolute atomic E-state index is 0.0563. The van der Waals surface area contributed by atoms with Crippen molar-refractivity contribution in [2.45, 2.75) is 26.8 Å². The summed E-state index contributed by atoms with van der Waals surface area (Å²) in [7, 11) is 0. The molecule has 0 saturated heterocycles. The lowest BCUT2D eigenvalue weighted by Gasteiger charge is -2.13. The topological polar surface area (TPSA) is 68.1 Å². The van der Waals surface area contributed by atoms with Crippen molar-refractivity contribution in [2.75, 3.05) is 5.32 Å². The lowest BCUT2D eigenvalue weighted by atomic mass is 10.1. The van der Waals surface area contributed by atoms with Crippen LogP contribution in [0.2, 0.25) is 0 Å². The molecule has 1 aromatic carbocycles. The molecule has 2 aromatic rings. The Morgan fingerprint density at radius 1 is 1.42 bits per heavy atom. The average Bonchev–Trinajstić information content (AvgIpc) is 2.75. The van der Waals surface area contributed by atoms with Crippen LogP contribution in [0.15, 0.2) is 24.4 Å². The molecule has 5 nitrogen and oxygen atoms in total. The lowest BCUT2D eigenvalue weighted by molar-refractivity contribution is -0.384. The molecule has 1 heterocycles. The van der Waals surface area contributed by atoms with E-state index < -0.39 is 0 Å². The van der Waals surface area contributed by atoms with Gasteiger partial charge < -0.3 is 5.32 Å². The number of aryl methyl sites for hydroxylation is 2. The van der Waals surface area contributed by atoms with E-state index in [1.165, 1.54) is 0 Å². The number of nitro groups is 1. The number of hydrogen-bond acceptors (Lipinski definition) is 5. The Kier molecular flexibility index (Phi) is 3.80. The number of nitrogens with zero attached hydrogens (tertiary/aromatic N) is 2.